The van der Waals surface area contributed by atoms with Gasteiger partial charge in [0.1, 0.15) is 5.75 Å². The molecule has 0 atom stereocenters. The van der Waals surface area contributed by atoms with Gasteiger partial charge in [-0.25, -0.2) is 4.98 Å². The zero-order valence-electron chi connectivity index (χ0n) is 11.7. The van der Waals surface area contributed by atoms with Crippen LogP contribution in [0.2, 0.25) is 0 Å². The quantitative estimate of drug-likeness (QED) is 0.894. The molecule has 2 rings (SSSR count). The Kier molecular flexibility index (Phi) is 3.74. The predicted octanol–water partition coefficient (Wildman–Crippen LogP) is 4.14. The number of anilines is 1. The van der Waals surface area contributed by atoms with E-state index < -0.39 is 0 Å². The summed E-state index contributed by atoms with van der Waals surface area (Å²) in [5.74, 6) is 1.34. The summed E-state index contributed by atoms with van der Waals surface area (Å²) in [7, 11) is 0. The summed E-state index contributed by atoms with van der Waals surface area (Å²) >= 11 is 0. The minimum absolute atomic E-state index is 0.192. The molecule has 0 fully saturated rings. The van der Waals surface area contributed by atoms with Crippen LogP contribution in [0.5, 0.6) is 11.6 Å². The summed E-state index contributed by atoms with van der Waals surface area (Å²) in [5, 5.41) is 0. The molecular weight excluding hydrogens is 236 g/mol. The lowest BCUT2D eigenvalue weighted by atomic mass is 9.82. The fraction of sp³-hybridized carbons (Fsp3) is 0.312. The molecule has 0 amide bonds. The van der Waals surface area contributed by atoms with E-state index in [2.05, 4.69) is 37.9 Å². The summed E-state index contributed by atoms with van der Waals surface area (Å²) < 4.78 is 5.67. The smallest absolute Gasteiger partial charge is 0.219 e. The van der Waals surface area contributed by atoms with E-state index in [0.29, 0.717) is 11.6 Å². The van der Waals surface area contributed by atoms with Crippen molar-refractivity contribution in [2.45, 2.75) is 32.6 Å². The van der Waals surface area contributed by atoms with Crippen molar-refractivity contribution in [3.05, 3.63) is 48.2 Å². The number of nitrogens with two attached hydrogens (primary N) is 1. The van der Waals surface area contributed by atoms with Gasteiger partial charge >= 0.3 is 0 Å². The summed E-state index contributed by atoms with van der Waals surface area (Å²) in [5.41, 5.74) is 7.72. The number of hydrogen-bond acceptors (Lipinski definition) is 3. The number of nitrogen functional groups attached to an aromatic ring is 1. The molecule has 1 heterocycles. The largest absolute Gasteiger partial charge is 0.439 e. The molecule has 2 aromatic rings. The van der Waals surface area contributed by atoms with Crippen molar-refractivity contribution in [2.24, 2.45) is 0 Å². The van der Waals surface area contributed by atoms with Gasteiger partial charge in [0.2, 0.25) is 5.88 Å². The molecule has 0 unspecified atom stereocenters. The predicted molar refractivity (Wildman–Crippen MR) is 78.5 cm³/mol. The lowest BCUT2D eigenvalue weighted by Crippen LogP contribution is -2.14. The van der Waals surface area contributed by atoms with E-state index in [4.69, 9.17) is 10.5 Å². The van der Waals surface area contributed by atoms with Crippen molar-refractivity contribution in [2.75, 3.05) is 5.73 Å². The van der Waals surface area contributed by atoms with Gasteiger partial charge in [-0.1, -0.05) is 32.9 Å². The number of rotatable bonds is 4. The van der Waals surface area contributed by atoms with Gasteiger partial charge in [0.05, 0.1) is 11.9 Å². The first-order chi connectivity index (χ1) is 9.01. The Morgan fingerprint density at radius 3 is 2.32 bits per heavy atom. The fourth-order valence-corrected chi connectivity index (χ4v) is 1.75. The van der Waals surface area contributed by atoms with Gasteiger partial charge < -0.3 is 10.5 Å². The van der Waals surface area contributed by atoms with Gasteiger partial charge in [0.15, 0.2) is 0 Å². The zero-order chi connectivity index (χ0) is 13.9. The van der Waals surface area contributed by atoms with E-state index in [0.717, 1.165) is 12.2 Å². The van der Waals surface area contributed by atoms with Gasteiger partial charge in [0.25, 0.3) is 0 Å². The number of ether oxygens (including phenoxy) is 1. The third-order valence-electron chi connectivity index (χ3n) is 3.50. The summed E-state index contributed by atoms with van der Waals surface area (Å²) in [6.45, 7) is 6.68. The third kappa shape index (κ3) is 3.25. The van der Waals surface area contributed by atoms with Crippen molar-refractivity contribution in [3.63, 3.8) is 0 Å². The number of aromatic nitrogens is 1. The minimum atomic E-state index is 0.192. The summed E-state index contributed by atoms with van der Waals surface area (Å²) in [6.07, 6.45) is 2.69. The van der Waals surface area contributed by atoms with E-state index in [1.807, 2.05) is 12.1 Å². The number of pyridine rings is 1. The molecule has 0 saturated carbocycles. The molecule has 1 aromatic carbocycles. The second kappa shape index (κ2) is 5.31. The molecule has 3 nitrogen and oxygen atoms in total. The van der Waals surface area contributed by atoms with Crippen LogP contribution in [-0.2, 0) is 5.41 Å². The Labute approximate surface area is 114 Å². The molecule has 100 valence electrons. The second-order valence-electron chi connectivity index (χ2n) is 5.29. The molecule has 3 heteroatoms. The van der Waals surface area contributed by atoms with E-state index in [-0.39, 0.29) is 5.41 Å². The van der Waals surface area contributed by atoms with Crippen LogP contribution < -0.4 is 10.5 Å². The molecule has 2 N–H and O–H groups in total. The number of hydrogen-bond donors (Lipinski definition) is 1. The van der Waals surface area contributed by atoms with Crippen LogP contribution in [0.1, 0.15) is 32.8 Å². The van der Waals surface area contributed by atoms with Crippen molar-refractivity contribution in [1.82, 2.24) is 4.98 Å². The molecular formula is C16H20N2O. The van der Waals surface area contributed by atoms with Crippen molar-refractivity contribution in [3.8, 4) is 11.6 Å². The topological polar surface area (TPSA) is 48.1 Å². The van der Waals surface area contributed by atoms with Gasteiger partial charge in [-0.3, -0.25) is 0 Å². The highest BCUT2D eigenvalue weighted by Crippen LogP contribution is 2.29. The Bertz CT molecular complexity index is 530. The summed E-state index contributed by atoms with van der Waals surface area (Å²) in [6, 6.07) is 11.7. The Morgan fingerprint density at radius 2 is 1.79 bits per heavy atom. The standard InChI is InChI=1S/C16H20N2O/c1-4-16(2,3)12-5-8-14(9-6-12)19-15-10-7-13(17)11-18-15/h5-11H,4,17H2,1-3H3. The SMILES string of the molecule is CCC(C)(C)c1ccc(Oc2ccc(N)cn2)cc1. The fourth-order valence-electron chi connectivity index (χ4n) is 1.75. The van der Waals surface area contributed by atoms with Crippen molar-refractivity contribution in [1.29, 1.82) is 0 Å². The van der Waals surface area contributed by atoms with Gasteiger partial charge in [-0.05, 0) is 35.6 Å². The minimum Gasteiger partial charge on any atom is -0.439 e. The second-order valence-corrected chi connectivity index (χ2v) is 5.29. The lowest BCUT2D eigenvalue weighted by Gasteiger charge is -2.23. The number of nitrogens with zero attached hydrogens (tertiary/aromatic N) is 1. The highest BCUT2D eigenvalue weighted by Gasteiger charge is 2.17. The molecule has 0 aliphatic rings. The Morgan fingerprint density at radius 1 is 1.11 bits per heavy atom. The highest BCUT2D eigenvalue weighted by molar-refractivity contribution is 5.38. The molecule has 0 aliphatic heterocycles. The molecule has 0 aliphatic carbocycles. The van der Waals surface area contributed by atoms with Crippen LogP contribution in [0.25, 0.3) is 0 Å². The van der Waals surface area contributed by atoms with E-state index in [1.165, 1.54) is 5.56 Å². The average Bonchev–Trinajstić information content (AvgIpc) is 2.42. The molecule has 0 spiro atoms. The van der Waals surface area contributed by atoms with Crippen LogP contribution in [-0.4, -0.2) is 4.98 Å². The maximum atomic E-state index is 5.67. The molecule has 0 bridgehead atoms. The Balaban J connectivity index is 2.13. The summed E-state index contributed by atoms with van der Waals surface area (Å²) in [4.78, 5) is 4.11. The van der Waals surface area contributed by atoms with Gasteiger partial charge in [-0.15, -0.1) is 0 Å². The first-order valence-electron chi connectivity index (χ1n) is 6.51. The van der Waals surface area contributed by atoms with Crippen molar-refractivity contribution < 1.29 is 4.74 Å². The lowest BCUT2D eigenvalue weighted by molar-refractivity contribution is 0.460. The van der Waals surface area contributed by atoms with E-state index in [1.54, 1.807) is 18.3 Å². The van der Waals surface area contributed by atoms with Crippen LogP contribution in [0.3, 0.4) is 0 Å². The van der Waals surface area contributed by atoms with Crippen LogP contribution >= 0.6 is 0 Å². The molecule has 0 saturated heterocycles. The van der Waals surface area contributed by atoms with Gasteiger partial charge in [-0.2, -0.15) is 0 Å². The average molecular weight is 256 g/mol. The number of benzene rings is 1. The maximum absolute atomic E-state index is 5.67. The normalized spacial score (nSPS) is 11.3. The molecule has 19 heavy (non-hydrogen) atoms. The van der Waals surface area contributed by atoms with E-state index >= 15 is 0 Å². The van der Waals surface area contributed by atoms with E-state index in [9.17, 15) is 0 Å². The van der Waals surface area contributed by atoms with Crippen molar-refractivity contribution >= 4 is 5.69 Å². The monoisotopic (exact) mass is 256 g/mol. The highest BCUT2D eigenvalue weighted by atomic mass is 16.5. The van der Waals surface area contributed by atoms with Crippen LogP contribution in [0, 0.1) is 0 Å². The van der Waals surface area contributed by atoms with Crippen LogP contribution in [0.4, 0.5) is 5.69 Å². The zero-order valence-corrected chi connectivity index (χ0v) is 11.7. The Hall–Kier alpha value is -2.03. The first-order valence-corrected chi connectivity index (χ1v) is 6.51. The third-order valence-corrected chi connectivity index (χ3v) is 3.50. The van der Waals surface area contributed by atoms with Gasteiger partial charge in [0, 0.05) is 6.07 Å². The maximum Gasteiger partial charge on any atom is 0.219 e. The first kappa shape index (κ1) is 13.4. The molecule has 1 aromatic heterocycles. The van der Waals surface area contributed by atoms with Crippen LogP contribution in [0.15, 0.2) is 42.6 Å². The molecule has 0 radical (unpaired) electrons.